The monoisotopic (exact) mass is 683 g/mol. The minimum atomic E-state index is -0.106. The number of benzene rings is 8. The molecular formula is C49H33NOS. The molecule has 0 atom stereocenters. The van der Waals surface area contributed by atoms with Gasteiger partial charge >= 0.3 is 0 Å². The zero-order valence-electron chi connectivity index (χ0n) is 28.9. The van der Waals surface area contributed by atoms with Gasteiger partial charge in [-0.15, -0.1) is 11.3 Å². The highest BCUT2D eigenvalue weighted by Crippen LogP contribution is 2.51. The van der Waals surface area contributed by atoms with Gasteiger partial charge in [0.05, 0.1) is 0 Å². The van der Waals surface area contributed by atoms with Crippen LogP contribution in [-0.4, -0.2) is 0 Å². The van der Waals surface area contributed by atoms with Crippen LogP contribution in [0.25, 0.3) is 75.1 Å². The van der Waals surface area contributed by atoms with Gasteiger partial charge in [-0.25, -0.2) is 0 Å². The summed E-state index contributed by atoms with van der Waals surface area (Å²) in [5, 5.41) is 7.20. The molecule has 246 valence electrons. The van der Waals surface area contributed by atoms with Crippen molar-refractivity contribution in [3.8, 4) is 22.3 Å². The summed E-state index contributed by atoms with van der Waals surface area (Å²) in [4.78, 5) is 2.44. The maximum absolute atomic E-state index is 6.59. The molecular weight excluding hydrogens is 651 g/mol. The summed E-state index contributed by atoms with van der Waals surface area (Å²) < 4.78 is 9.21. The van der Waals surface area contributed by atoms with Crippen LogP contribution in [0.4, 0.5) is 17.1 Å². The summed E-state index contributed by atoms with van der Waals surface area (Å²) in [6.07, 6.45) is 0. The van der Waals surface area contributed by atoms with Crippen molar-refractivity contribution in [3.05, 3.63) is 175 Å². The first-order valence-electron chi connectivity index (χ1n) is 17.9. The summed E-state index contributed by atoms with van der Waals surface area (Å²) in [5.74, 6) is 0. The molecule has 0 spiro atoms. The van der Waals surface area contributed by atoms with Crippen LogP contribution in [0.2, 0.25) is 0 Å². The molecule has 8 aromatic carbocycles. The maximum atomic E-state index is 6.59. The van der Waals surface area contributed by atoms with Gasteiger partial charge in [0.15, 0.2) is 0 Å². The van der Waals surface area contributed by atoms with E-state index in [-0.39, 0.29) is 5.41 Å². The smallest absolute Gasteiger partial charge is 0.143 e. The Morgan fingerprint density at radius 3 is 2.13 bits per heavy atom. The van der Waals surface area contributed by atoms with Crippen molar-refractivity contribution < 1.29 is 4.42 Å². The standard InChI is InChI=1S/C49H33NOS/c1-49(2)42-18-7-5-15-37(42)38-25-22-34(29-43(38)49)50(33-23-26-46-41(28-33)39-16-6-8-20-45(39)52-46)32-13-9-12-31(27-32)35-17-10-19-44-47(35)40-24-21-30-11-3-4-14-36(30)48(40)51-44/h3-29H,1-2H3. The normalized spacial score (nSPS) is 13.3. The predicted molar refractivity (Wildman–Crippen MR) is 222 cm³/mol. The van der Waals surface area contributed by atoms with Crippen LogP contribution in [0, 0.1) is 0 Å². The molecule has 0 fully saturated rings. The fourth-order valence-corrected chi connectivity index (χ4v) is 9.83. The van der Waals surface area contributed by atoms with Crippen LogP contribution in [0.5, 0.6) is 0 Å². The average molecular weight is 684 g/mol. The quantitative estimate of drug-likeness (QED) is 0.184. The summed E-state index contributed by atoms with van der Waals surface area (Å²) in [6, 6.07) is 60.0. The van der Waals surface area contributed by atoms with Gasteiger partial charge in [0, 0.05) is 58.8 Å². The van der Waals surface area contributed by atoms with Gasteiger partial charge in [0.1, 0.15) is 11.2 Å². The number of rotatable bonds is 4. The molecule has 10 aromatic rings. The topological polar surface area (TPSA) is 16.4 Å². The summed E-state index contributed by atoms with van der Waals surface area (Å²) in [7, 11) is 0. The highest BCUT2D eigenvalue weighted by atomic mass is 32.1. The van der Waals surface area contributed by atoms with Crippen molar-refractivity contribution in [2.24, 2.45) is 0 Å². The minimum absolute atomic E-state index is 0.106. The molecule has 0 saturated heterocycles. The van der Waals surface area contributed by atoms with E-state index in [9.17, 15) is 0 Å². The molecule has 2 aromatic heterocycles. The Labute approximate surface area is 305 Å². The fraction of sp³-hybridized carbons (Fsp3) is 0.0612. The van der Waals surface area contributed by atoms with Gasteiger partial charge in [0.25, 0.3) is 0 Å². The van der Waals surface area contributed by atoms with Gasteiger partial charge in [0.2, 0.25) is 0 Å². The molecule has 11 rings (SSSR count). The van der Waals surface area contributed by atoms with E-state index in [4.69, 9.17) is 4.42 Å². The predicted octanol–water partition coefficient (Wildman–Crippen LogP) is 14.6. The van der Waals surface area contributed by atoms with Gasteiger partial charge in [-0.05, 0) is 99.4 Å². The van der Waals surface area contributed by atoms with Crippen LogP contribution >= 0.6 is 11.3 Å². The van der Waals surface area contributed by atoms with E-state index in [1.807, 2.05) is 11.3 Å². The minimum Gasteiger partial charge on any atom is -0.455 e. The third kappa shape index (κ3) is 4.23. The molecule has 1 aliphatic rings. The van der Waals surface area contributed by atoms with Gasteiger partial charge < -0.3 is 9.32 Å². The Balaban J connectivity index is 1.13. The summed E-state index contributed by atoms with van der Waals surface area (Å²) >= 11 is 1.86. The lowest BCUT2D eigenvalue weighted by atomic mass is 9.82. The molecule has 2 heterocycles. The zero-order valence-corrected chi connectivity index (χ0v) is 29.7. The van der Waals surface area contributed by atoms with E-state index in [2.05, 4.69) is 183 Å². The molecule has 0 amide bonds. The van der Waals surface area contributed by atoms with Crippen molar-refractivity contribution in [2.75, 3.05) is 4.90 Å². The van der Waals surface area contributed by atoms with Gasteiger partial charge in [-0.1, -0.05) is 117 Å². The van der Waals surface area contributed by atoms with E-state index in [0.29, 0.717) is 0 Å². The molecule has 0 N–H and O–H groups in total. The van der Waals surface area contributed by atoms with E-state index in [1.54, 1.807) is 0 Å². The average Bonchev–Trinajstić information content (AvgIpc) is 3.83. The van der Waals surface area contributed by atoms with Crippen LogP contribution in [0.3, 0.4) is 0 Å². The second-order valence-corrected chi connectivity index (χ2v) is 15.6. The van der Waals surface area contributed by atoms with Gasteiger partial charge in [-0.2, -0.15) is 0 Å². The number of fused-ring (bicyclic) bond motifs is 11. The van der Waals surface area contributed by atoms with Crippen LogP contribution in [0.1, 0.15) is 25.0 Å². The SMILES string of the molecule is CC1(C)c2ccccc2-c2ccc(N(c3cccc(-c4cccc5oc6c7ccccc7ccc6c45)c3)c3ccc4sc5ccccc5c4c3)cc21. The Kier molecular flexibility index (Phi) is 6.21. The van der Waals surface area contributed by atoms with E-state index < -0.39 is 0 Å². The maximum Gasteiger partial charge on any atom is 0.143 e. The Hall–Kier alpha value is -6.16. The summed E-state index contributed by atoms with van der Waals surface area (Å²) in [5.41, 5.74) is 12.9. The Morgan fingerprint density at radius 1 is 0.481 bits per heavy atom. The number of anilines is 3. The lowest BCUT2D eigenvalue weighted by molar-refractivity contribution is 0.660. The lowest BCUT2D eigenvalue weighted by Crippen LogP contribution is -2.16. The molecule has 0 unspecified atom stereocenters. The number of furan rings is 1. The number of thiophene rings is 1. The third-order valence-corrected chi connectivity index (χ3v) is 12.4. The highest BCUT2D eigenvalue weighted by molar-refractivity contribution is 7.25. The molecule has 3 heteroatoms. The lowest BCUT2D eigenvalue weighted by Gasteiger charge is -2.28. The fourth-order valence-electron chi connectivity index (χ4n) is 8.74. The van der Waals surface area contributed by atoms with Crippen LogP contribution in [0.15, 0.2) is 168 Å². The molecule has 1 aliphatic carbocycles. The van der Waals surface area contributed by atoms with Crippen molar-refractivity contribution >= 4 is 81.3 Å². The molecule has 0 bridgehead atoms. The van der Waals surface area contributed by atoms with Gasteiger partial charge in [-0.3, -0.25) is 0 Å². The van der Waals surface area contributed by atoms with Crippen molar-refractivity contribution in [1.82, 2.24) is 0 Å². The van der Waals surface area contributed by atoms with E-state index in [1.165, 1.54) is 47.8 Å². The van der Waals surface area contributed by atoms with Crippen molar-refractivity contribution in [2.45, 2.75) is 19.3 Å². The van der Waals surface area contributed by atoms with Crippen molar-refractivity contribution in [1.29, 1.82) is 0 Å². The zero-order chi connectivity index (χ0) is 34.6. The molecule has 2 nitrogen and oxygen atoms in total. The Morgan fingerprint density at radius 2 is 1.19 bits per heavy atom. The first-order chi connectivity index (χ1) is 25.5. The van der Waals surface area contributed by atoms with Crippen LogP contribution < -0.4 is 4.90 Å². The second kappa shape index (κ2) is 10.9. The highest BCUT2D eigenvalue weighted by Gasteiger charge is 2.35. The molecule has 0 saturated carbocycles. The van der Waals surface area contributed by atoms with Crippen LogP contribution in [-0.2, 0) is 5.41 Å². The molecule has 0 aliphatic heterocycles. The third-order valence-electron chi connectivity index (χ3n) is 11.2. The molecule has 52 heavy (non-hydrogen) atoms. The first kappa shape index (κ1) is 29.6. The second-order valence-electron chi connectivity index (χ2n) is 14.5. The van der Waals surface area contributed by atoms with E-state index >= 15 is 0 Å². The van der Waals surface area contributed by atoms with E-state index in [0.717, 1.165) is 55.5 Å². The largest absolute Gasteiger partial charge is 0.455 e. The summed E-state index contributed by atoms with van der Waals surface area (Å²) in [6.45, 7) is 4.71. The molecule has 0 radical (unpaired) electrons. The number of nitrogens with zero attached hydrogens (tertiary/aromatic N) is 1. The first-order valence-corrected chi connectivity index (χ1v) is 18.7. The Bertz CT molecular complexity index is 3070. The number of hydrogen-bond donors (Lipinski definition) is 0. The number of hydrogen-bond acceptors (Lipinski definition) is 3. The van der Waals surface area contributed by atoms with Crippen molar-refractivity contribution in [3.63, 3.8) is 0 Å².